The van der Waals surface area contributed by atoms with Crippen LogP contribution >= 0.6 is 0 Å². The van der Waals surface area contributed by atoms with E-state index in [-0.39, 0.29) is 18.4 Å². The average molecular weight is 420 g/mol. The first-order chi connectivity index (χ1) is 14.9. The topological polar surface area (TPSA) is 61.9 Å². The predicted octanol–water partition coefficient (Wildman–Crippen LogP) is 4.16. The zero-order chi connectivity index (χ0) is 22.4. The van der Waals surface area contributed by atoms with Crippen molar-refractivity contribution in [3.63, 3.8) is 0 Å². The summed E-state index contributed by atoms with van der Waals surface area (Å²) in [6, 6.07) is 20.7. The minimum atomic E-state index is -0.463. The Bertz CT molecular complexity index is 1060. The Morgan fingerprint density at radius 2 is 1.74 bits per heavy atom. The highest BCUT2D eigenvalue weighted by atomic mass is 16.5. The molecule has 0 aliphatic rings. The summed E-state index contributed by atoms with van der Waals surface area (Å²) in [5.41, 5.74) is 1.54. The van der Waals surface area contributed by atoms with Crippen LogP contribution in [-0.2, 0) is 9.59 Å². The van der Waals surface area contributed by atoms with E-state index in [1.165, 1.54) is 0 Å². The molecule has 0 spiro atoms. The van der Waals surface area contributed by atoms with Crippen molar-refractivity contribution in [1.29, 1.82) is 0 Å². The molecule has 0 saturated carbocycles. The number of ether oxygens (including phenoxy) is 1. The molecule has 0 radical (unpaired) electrons. The van der Waals surface area contributed by atoms with Gasteiger partial charge in [-0.05, 0) is 44.5 Å². The highest BCUT2D eigenvalue weighted by molar-refractivity contribution is 6.05. The molecule has 162 valence electrons. The number of hydrogen-bond donors (Lipinski definition) is 1. The molecule has 2 amide bonds. The third-order valence-electron chi connectivity index (χ3n) is 5.40. The van der Waals surface area contributed by atoms with Gasteiger partial charge >= 0.3 is 0 Å². The first-order valence-electron chi connectivity index (χ1n) is 10.4. The molecule has 0 saturated heterocycles. The number of hydrogen-bond acceptors (Lipinski definition) is 4. The first-order valence-corrected chi connectivity index (χ1v) is 10.4. The van der Waals surface area contributed by atoms with Gasteiger partial charge in [-0.2, -0.15) is 0 Å². The van der Waals surface area contributed by atoms with Gasteiger partial charge in [0.2, 0.25) is 11.8 Å². The molecule has 1 N–H and O–H groups in total. The lowest BCUT2D eigenvalue weighted by molar-refractivity contribution is -0.124. The van der Waals surface area contributed by atoms with Crippen molar-refractivity contribution in [2.45, 2.75) is 19.9 Å². The normalized spacial score (nSPS) is 11.9. The minimum Gasteiger partial charge on any atom is -0.497 e. The standard InChI is InChI=1S/C25H29N3O3/c1-5-28(23-15-8-11-19-10-6-7-14-22(19)23)25(30)18(2)27(3)17-24(29)26-20-12-9-13-21(16-20)31-4/h6-16,18H,5,17H2,1-4H3,(H,26,29). The number of carbonyl (C=O) groups is 2. The molecule has 0 fully saturated rings. The van der Waals surface area contributed by atoms with E-state index in [9.17, 15) is 9.59 Å². The number of methoxy groups -OCH3 is 1. The highest BCUT2D eigenvalue weighted by Gasteiger charge is 2.26. The molecule has 3 aromatic rings. The van der Waals surface area contributed by atoms with Crippen LogP contribution in [0.5, 0.6) is 5.75 Å². The molecule has 6 nitrogen and oxygen atoms in total. The van der Waals surface area contributed by atoms with Crippen LogP contribution in [-0.4, -0.2) is 50.0 Å². The maximum Gasteiger partial charge on any atom is 0.244 e. The highest BCUT2D eigenvalue weighted by Crippen LogP contribution is 2.27. The molecule has 3 aromatic carbocycles. The number of rotatable bonds is 8. The van der Waals surface area contributed by atoms with E-state index in [1.807, 2.05) is 68.4 Å². The molecular formula is C25H29N3O3. The Kier molecular flexibility index (Phi) is 7.26. The van der Waals surface area contributed by atoms with Crippen molar-refractivity contribution in [3.05, 3.63) is 66.7 Å². The summed E-state index contributed by atoms with van der Waals surface area (Å²) in [7, 11) is 3.36. The molecular weight excluding hydrogens is 390 g/mol. The zero-order valence-electron chi connectivity index (χ0n) is 18.5. The molecule has 0 aliphatic heterocycles. The Morgan fingerprint density at radius 1 is 1.03 bits per heavy atom. The predicted molar refractivity (Wildman–Crippen MR) is 126 cm³/mol. The van der Waals surface area contributed by atoms with Gasteiger partial charge in [-0.3, -0.25) is 14.5 Å². The number of amides is 2. The minimum absolute atomic E-state index is 0.0458. The van der Waals surface area contributed by atoms with Gasteiger partial charge < -0.3 is 15.0 Å². The second kappa shape index (κ2) is 10.1. The molecule has 1 unspecified atom stereocenters. The van der Waals surface area contributed by atoms with Gasteiger partial charge in [-0.15, -0.1) is 0 Å². The zero-order valence-corrected chi connectivity index (χ0v) is 18.5. The third kappa shape index (κ3) is 5.22. The van der Waals surface area contributed by atoms with Crippen LogP contribution in [0.3, 0.4) is 0 Å². The van der Waals surface area contributed by atoms with Gasteiger partial charge in [0.1, 0.15) is 5.75 Å². The fraction of sp³-hybridized carbons (Fsp3) is 0.280. The fourth-order valence-electron chi connectivity index (χ4n) is 3.57. The van der Waals surface area contributed by atoms with Crippen molar-refractivity contribution in [2.24, 2.45) is 0 Å². The monoisotopic (exact) mass is 419 g/mol. The van der Waals surface area contributed by atoms with Gasteiger partial charge in [0, 0.05) is 23.7 Å². The Labute approximate surface area is 183 Å². The van der Waals surface area contributed by atoms with Crippen molar-refractivity contribution in [1.82, 2.24) is 4.90 Å². The second-order valence-corrected chi connectivity index (χ2v) is 7.45. The lowest BCUT2D eigenvalue weighted by Gasteiger charge is -2.30. The summed E-state index contributed by atoms with van der Waals surface area (Å²) in [6.07, 6.45) is 0. The van der Waals surface area contributed by atoms with Crippen molar-refractivity contribution in [2.75, 3.05) is 37.5 Å². The average Bonchev–Trinajstić information content (AvgIpc) is 2.79. The largest absolute Gasteiger partial charge is 0.497 e. The smallest absolute Gasteiger partial charge is 0.244 e. The van der Waals surface area contributed by atoms with Crippen LogP contribution in [0.25, 0.3) is 10.8 Å². The fourth-order valence-corrected chi connectivity index (χ4v) is 3.57. The van der Waals surface area contributed by atoms with Crippen LogP contribution in [0.2, 0.25) is 0 Å². The number of carbonyl (C=O) groups excluding carboxylic acids is 2. The van der Waals surface area contributed by atoms with E-state index in [4.69, 9.17) is 4.74 Å². The van der Waals surface area contributed by atoms with Crippen molar-refractivity contribution in [3.8, 4) is 5.75 Å². The van der Waals surface area contributed by atoms with Crippen LogP contribution < -0.4 is 15.0 Å². The van der Waals surface area contributed by atoms with E-state index in [2.05, 4.69) is 5.32 Å². The molecule has 3 rings (SSSR count). The van der Waals surface area contributed by atoms with Crippen LogP contribution in [0, 0.1) is 0 Å². The summed E-state index contributed by atoms with van der Waals surface area (Å²) >= 11 is 0. The van der Waals surface area contributed by atoms with Gasteiger partial charge in [0.15, 0.2) is 0 Å². The van der Waals surface area contributed by atoms with E-state index >= 15 is 0 Å². The van der Waals surface area contributed by atoms with Crippen molar-refractivity contribution < 1.29 is 14.3 Å². The number of benzene rings is 3. The lowest BCUT2D eigenvalue weighted by atomic mass is 10.1. The van der Waals surface area contributed by atoms with Gasteiger partial charge in [-0.1, -0.05) is 42.5 Å². The van der Waals surface area contributed by atoms with Gasteiger partial charge in [0.25, 0.3) is 0 Å². The summed E-state index contributed by atoms with van der Waals surface area (Å²) in [5, 5.41) is 4.98. The first kappa shape index (κ1) is 22.3. The molecule has 0 aliphatic carbocycles. The van der Waals surface area contributed by atoms with E-state index in [0.29, 0.717) is 18.0 Å². The summed E-state index contributed by atoms with van der Waals surface area (Å²) in [5.74, 6) is 0.433. The number of likely N-dealkylation sites (N-methyl/N-ethyl adjacent to an activating group) is 2. The molecule has 31 heavy (non-hydrogen) atoms. The molecule has 0 aromatic heterocycles. The number of fused-ring (bicyclic) bond motifs is 1. The summed E-state index contributed by atoms with van der Waals surface area (Å²) < 4.78 is 5.19. The summed E-state index contributed by atoms with van der Waals surface area (Å²) in [6.45, 7) is 4.43. The molecule has 1 atom stereocenters. The summed E-state index contributed by atoms with van der Waals surface area (Å²) in [4.78, 5) is 29.4. The third-order valence-corrected chi connectivity index (χ3v) is 5.40. The van der Waals surface area contributed by atoms with Gasteiger partial charge in [-0.25, -0.2) is 0 Å². The van der Waals surface area contributed by atoms with Crippen LogP contribution in [0.15, 0.2) is 66.7 Å². The number of nitrogens with zero attached hydrogens (tertiary/aromatic N) is 2. The van der Waals surface area contributed by atoms with Crippen LogP contribution in [0.1, 0.15) is 13.8 Å². The lowest BCUT2D eigenvalue weighted by Crippen LogP contribution is -2.48. The molecule has 6 heteroatoms. The SMILES string of the molecule is CCN(C(=O)C(C)N(C)CC(=O)Nc1cccc(OC)c1)c1cccc2ccccc12. The Balaban J connectivity index is 1.70. The number of anilines is 2. The maximum atomic E-state index is 13.3. The van der Waals surface area contributed by atoms with Crippen LogP contribution in [0.4, 0.5) is 11.4 Å². The van der Waals surface area contributed by atoms with E-state index < -0.39 is 6.04 Å². The Hall–Kier alpha value is -3.38. The Morgan fingerprint density at radius 3 is 2.48 bits per heavy atom. The molecule has 0 heterocycles. The quantitative estimate of drug-likeness (QED) is 0.596. The molecule has 0 bridgehead atoms. The van der Waals surface area contributed by atoms with Gasteiger partial charge in [0.05, 0.1) is 25.4 Å². The second-order valence-electron chi connectivity index (χ2n) is 7.45. The number of nitrogens with one attached hydrogen (secondary N) is 1. The van der Waals surface area contributed by atoms with E-state index in [0.717, 1.165) is 16.5 Å². The maximum absolute atomic E-state index is 13.3. The van der Waals surface area contributed by atoms with Crippen molar-refractivity contribution >= 4 is 34.0 Å². The van der Waals surface area contributed by atoms with E-state index in [1.54, 1.807) is 36.1 Å².